The Labute approximate surface area is 145 Å². The molecule has 0 radical (unpaired) electrons. The van der Waals surface area contributed by atoms with Gasteiger partial charge in [-0.1, -0.05) is 18.2 Å². The molecule has 0 aliphatic heterocycles. The number of aromatic amines is 1. The minimum absolute atomic E-state index is 0.210. The van der Waals surface area contributed by atoms with Crippen molar-refractivity contribution in [2.45, 2.75) is 19.3 Å². The highest BCUT2D eigenvalue weighted by molar-refractivity contribution is 5.99. The fourth-order valence-corrected chi connectivity index (χ4v) is 3.48. The maximum atomic E-state index is 13.8. The molecule has 25 heavy (non-hydrogen) atoms. The minimum atomic E-state index is -0.210. The highest BCUT2D eigenvalue weighted by atomic mass is 19.1. The topological polar surface area (TPSA) is 54.7 Å². The van der Waals surface area contributed by atoms with E-state index in [0.717, 1.165) is 57.9 Å². The Balaban J connectivity index is 1.94. The number of H-pyrrole nitrogens is 1. The van der Waals surface area contributed by atoms with Crippen LogP contribution in [0.3, 0.4) is 0 Å². The van der Waals surface area contributed by atoms with Gasteiger partial charge in [0.1, 0.15) is 5.82 Å². The van der Waals surface area contributed by atoms with Crippen LogP contribution < -0.4 is 5.73 Å². The molecule has 0 aliphatic carbocycles. The number of hydrogen-bond donors (Lipinski definition) is 2. The summed E-state index contributed by atoms with van der Waals surface area (Å²) in [5.41, 5.74) is 10.9. The minimum Gasteiger partial charge on any atom is -0.354 e. The van der Waals surface area contributed by atoms with Gasteiger partial charge in [-0.2, -0.15) is 0 Å². The largest absolute Gasteiger partial charge is 0.354 e. The van der Waals surface area contributed by atoms with Gasteiger partial charge < -0.3 is 10.7 Å². The number of rotatable bonds is 5. The summed E-state index contributed by atoms with van der Waals surface area (Å²) in [6.07, 6.45) is 4.61. The molecule has 2 aromatic carbocycles. The number of pyridine rings is 1. The summed E-state index contributed by atoms with van der Waals surface area (Å²) < 4.78 is 13.8. The molecule has 4 aromatic rings. The second kappa shape index (κ2) is 6.65. The Bertz CT molecular complexity index is 1030. The lowest BCUT2D eigenvalue weighted by molar-refractivity contribution is 0.629. The second-order valence-electron chi connectivity index (χ2n) is 6.29. The zero-order chi connectivity index (χ0) is 17.2. The number of hydrogen-bond acceptors (Lipinski definition) is 2. The quantitative estimate of drug-likeness (QED) is 0.515. The monoisotopic (exact) mass is 333 g/mol. The molecule has 0 fully saturated rings. The van der Waals surface area contributed by atoms with E-state index < -0.39 is 0 Å². The summed E-state index contributed by atoms with van der Waals surface area (Å²) in [6.45, 7) is 0.671. The number of halogens is 1. The van der Waals surface area contributed by atoms with Crippen molar-refractivity contribution in [3.8, 4) is 11.3 Å². The lowest BCUT2D eigenvalue weighted by atomic mass is 9.98. The fourth-order valence-electron chi connectivity index (χ4n) is 3.48. The van der Waals surface area contributed by atoms with Crippen LogP contribution in [0, 0.1) is 5.82 Å². The molecule has 0 unspecified atom stereocenters. The third kappa shape index (κ3) is 2.89. The van der Waals surface area contributed by atoms with E-state index in [1.54, 1.807) is 12.3 Å². The first-order chi connectivity index (χ1) is 12.3. The van der Waals surface area contributed by atoms with Gasteiger partial charge in [0, 0.05) is 28.0 Å². The van der Waals surface area contributed by atoms with Crippen molar-refractivity contribution in [2.24, 2.45) is 5.73 Å². The molecule has 3 nitrogen and oxygen atoms in total. The number of nitrogens with two attached hydrogens (primary N) is 1. The SMILES string of the molecule is NCCCCc1c(-c2cccc3ncccc23)[nH]c2ccc(F)cc12. The fraction of sp³-hybridized carbons (Fsp3) is 0.190. The van der Waals surface area contributed by atoms with Crippen LogP contribution in [0.25, 0.3) is 33.1 Å². The van der Waals surface area contributed by atoms with E-state index >= 15 is 0 Å². The molecule has 4 heteroatoms. The molecule has 0 saturated carbocycles. The lowest BCUT2D eigenvalue weighted by Crippen LogP contribution is -1.99. The summed E-state index contributed by atoms with van der Waals surface area (Å²) in [5.74, 6) is -0.210. The van der Waals surface area contributed by atoms with Crippen LogP contribution in [-0.4, -0.2) is 16.5 Å². The van der Waals surface area contributed by atoms with Crippen molar-refractivity contribution >= 4 is 21.8 Å². The molecule has 2 heterocycles. The third-order valence-electron chi connectivity index (χ3n) is 4.66. The Kier molecular flexibility index (Phi) is 4.20. The van der Waals surface area contributed by atoms with Gasteiger partial charge in [-0.25, -0.2) is 4.39 Å². The lowest BCUT2D eigenvalue weighted by Gasteiger charge is -2.08. The van der Waals surface area contributed by atoms with Crippen LogP contribution in [-0.2, 0) is 6.42 Å². The summed E-state index contributed by atoms with van der Waals surface area (Å²) in [6, 6.07) is 15.1. The standard InChI is InChI=1S/C21H20FN3/c22-14-9-10-20-18(13-14)17(5-1-2-11-23)21(25-20)16-6-3-8-19-15(16)7-4-12-24-19/h3-4,6-10,12-13,25H,1-2,5,11,23H2. The molecule has 0 atom stereocenters. The highest BCUT2D eigenvalue weighted by Crippen LogP contribution is 2.35. The van der Waals surface area contributed by atoms with Crippen LogP contribution in [0.4, 0.5) is 4.39 Å². The summed E-state index contributed by atoms with van der Waals surface area (Å²) >= 11 is 0. The average Bonchev–Trinajstić information content (AvgIpc) is 2.99. The molecule has 4 rings (SSSR count). The number of benzene rings is 2. The maximum absolute atomic E-state index is 13.8. The zero-order valence-electron chi connectivity index (χ0n) is 13.9. The molecule has 0 amide bonds. The van der Waals surface area contributed by atoms with Crippen LogP contribution in [0.1, 0.15) is 18.4 Å². The number of fused-ring (bicyclic) bond motifs is 2. The Morgan fingerprint density at radius 3 is 2.80 bits per heavy atom. The Morgan fingerprint density at radius 1 is 1.00 bits per heavy atom. The van der Waals surface area contributed by atoms with E-state index in [1.165, 1.54) is 6.07 Å². The maximum Gasteiger partial charge on any atom is 0.123 e. The van der Waals surface area contributed by atoms with Gasteiger partial charge >= 0.3 is 0 Å². The predicted octanol–water partition coefficient (Wildman–Crippen LogP) is 4.80. The number of unbranched alkanes of at least 4 members (excludes halogenated alkanes) is 1. The Morgan fingerprint density at radius 2 is 1.92 bits per heavy atom. The van der Waals surface area contributed by atoms with Gasteiger partial charge in [0.05, 0.1) is 11.2 Å². The van der Waals surface area contributed by atoms with E-state index in [0.29, 0.717) is 6.54 Å². The van der Waals surface area contributed by atoms with Crippen molar-refractivity contribution in [3.05, 3.63) is 66.1 Å². The van der Waals surface area contributed by atoms with Crippen molar-refractivity contribution in [1.29, 1.82) is 0 Å². The van der Waals surface area contributed by atoms with Crippen LogP contribution in [0.15, 0.2) is 54.7 Å². The molecule has 3 N–H and O–H groups in total. The van der Waals surface area contributed by atoms with Gasteiger partial charge in [0.2, 0.25) is 0 Å². The predicted molar refractivity (Wildman–Crippen MR) is 101 cm³/mol. The molecule has 2 aromatic heterocycles. The van der Waals surface area contributed by atoms with E-state index in [4.69, 9.17) is 5.73 Å². The van der Waals surface area contributed by atoms with E-state index in [9.17, 15) is 4.39 Å². The van der Waals surface area contributed by atoms with Crippen LogP contribution in [0.5, 0.6) is 0 Å². The molecule has 0 spiro atoms. The molecule has 0 saturated heterocycles. The summed E-state index contributed by atoms with van der Waals surface area (Å²) in [7, 11) is 0. The van der Waals surface area contributed by atoms with E-state index in [2.05, 4.69) is 22.1 Å². The molecule has 126 valence electrons. The van der Waals surface area contributed by atoms with Crippen molar-refractivity contribution in [1.82, 2.24) is 9.97 Å². The summed E-state index contributed by atoms with van der Waals surface area (Å²) in [4.78, 5) is 7.95. The molecular formula is C21H20FN3. The average molecular weight is 333 g/mol. The first-order valence-corrected chi connectivity index (χ1v) is 8.62. The molecular weight excluding hydrogens is 313 g/mol. The van der Waals surface area contributed by atoms with Crippen molar-refractivity contribution in [3.63, 3.8) is 0 Å². The number of aromatic nitrogens is 2. The molecule has 0 aliphatic rings. The first-order valence-electron chi connectivity index (χ1n) is 8.62. The van der Waals surface area contributed by atoms with Gasteiger partial charge in [-0.15, -0.1) is 0 Å². The van der Waals surface area contributed by atoms with E-state index in [1.807, 2.05) is 24.3 Å². The van der Waals surface area contributed by atoms with Gasteiger partial charge in [-0.3, -0.25) is 4.98 Å². The van der Waals surface area contributed by atoms with Gasteiger partial charge in [-0.05, 0) is 61.7 Å². The normalized spacial score (nSPS) is 11.4. The van der Waals surface area contributed by atoms with Crippen molar-refractivity contribution < 1.29 is 4.39 Å². The van der Waals surface area contributed by atoms with Crippen molar-refractivity contribution in [2.75, 3.05) is 6.54 Å². The summed E-state index contributed by atoms with van der Waals surface area (Å²) in [5, 5.41) is 2.05. The molecule has 0 bridgehead atoms. The van der Waals surface area contributed by atoms with Crippen LogP contribution >= 0.6 is 0 Å². The number of nitrogens with zero attached hydrogens (tertiary/aromatic N) is 1. The number of nitrogens with one attached hydrogen (secondary N) is 1. The zero-order valence-corrected chi connectivity index (χ0v) is 13.9. The highest BCUT2D eigenvalue weighted by Gasteiger charge is 2.15. The Hall–Kier alpha value is -2.72. The van der Waals surface area contributed by atoms with Crippen LogP contribution in [0.2, 0.25) is 0 Å². The first kappa shape index (κ1) is 15.8. The third-order valence-corrected chi connectivity index (χ3v) is 4.66. The second-order valence-corrected chi connectivity index (χ2v) is 6.29. The smallest absolute Gasteiger partial charge is 0.123 e. The van der Waals surface area contributed by atoms with Gasteiger partial charge in [0.15, 0.2) is 0 Å². The van der Waals surface area contributed by atoms with E-state index in [-0.39, 0.29) is 5.82 Å². The number of aryl methyl sites for hydroxylation is 1. The van der Waals surface area contributed by atoms with Gasteiger partial charge in [0.25, 0.3) is 0 Å².